The fourth-order valence-corrected chi connectivity index (χ4v) is 3.34. The van der Waals surface area contributed by atoms with Crippen molar-refractivity contribution < 1.29 is 0 Å². The molecule has 1 saturated carbocycles. The second-order valence-corrected chi connectivity index (χ2v) is 6.19. The summed E-state index contributed by atoms with van der Waals surface area (Å²) in [6.07, 6.45) is 9.90. The molecule has 1 fully saturated rings. The summed E-state index contributed by atoms with van der Waals surface area (Å²) in [7, 11) is 0. The highest BCUT2D eigenvalue weighted by atomic mass is 14.9. The van der Waals surface area contributed by atoms with Gasteiger partial charge in [0.1, 0.15) is 0 Å². The van der Waals surface area contributed by atoms with Crippen molar-refractivity contribution in [2.75, 3.05) is 6.54 Å². The fourth-order valence-electron chi connectivity index (χ4n) is 3.34. The Balaban J connectivity index is 2.40. The van der Waals surface area contributed by atoms with E-state index < -0.39 is 0 Å². The molecule has 0 saturated heterocycles. The summed E-state index contributed by atoms with van der Waals surface area (Å²) in [6, 6.07) is 0.793. The molecule has 102 valence electrons. The van der Waals surface area contributed by atoms with Gasteiger partial charge in [0.15, 0.2) is 0 Å². The summed E-state index contributed by atoms with van der Waals surface area (Å²) >= 11 is 0. The second-order valence-electron chi connectivity index (χ2n) is 6.19. The van der Waals surface area contributed by atoms with Crippen LogP contribution in [0.25, 0.3) is 0 Å². The highest BCUT2D eigenvalue weighted by Crippen LogP contribution is 2.36. The predicted molar refractivity (Wildman–Crippen MR) is 77.3 cm³/mol. The van der Waals surface area contributed by atoms with Gasteiger partial charge in [0.05, 0.1) is 0 Å². The van der Waals surface area contributed by atoms with Crippen LogP contribution in [0.4, 0.5) is 0 Å². The largest absolute Gasteiger partial charge is 0.314 e. The van der Waals surface area contributed by atoms with E-state index in [4.69, 9.17) is 0 Å². The van der Waals surface area contributed by atoms with Crippen LogP contribution in [0.5, 0.6) is 0 Å². The van der Waals surface area contributed by atoms with Crippen LogP contribution in [0.2, 0.25) is 0 Å². The average molecular weight is 239 g/mol. The molecule has 1 rings (SSSR count). The molecule has 0 heterocycles. The zero-order valence-electron chi connectivity index (χ0n) is 12.5. The summed E-state index contributed by atoms with van der Waals surface area (Å²) in [5.41, 5.74) is 0. The normalized spacial score (nSPS) is 31.4. The number of hydrogen-bond donors (Lipinski definition) is 1. The molecule has 0 bridgehead atoms. The van der Waals surface area contributed by atoms with Gasteiger partial charge >= 0.3 is 0 Å². The maximum Gasteiger partial charge on any atom is 0.00953 e. The van der Waals surface area contributed by atoms with Crippen molar-refractivity contribution in [3.05, 3.63) is 0 Å². The molecule has 17 heavy (non-hydrogen) atoms. The lowest BCUT2D eigenvalue weighted by Crippen LogP contribution is -2.39. The Morgan fingerprint density at radius 2 is 1.82 bits per heavy atom. The lowest BCUT2D eigenvalue weighted by atomic mass is 9.72. The molecule has 0 aromatic rings. The minimum absolute atomic E-state index is 0.793. The van der Waals surface area contributed by atoms with Crippen molar-refractivity contribution in [2.45, 2.75) is 78.7 Å². The van der Waals surface area contributed by atoms with E-state index in [1.54, 1.807) is 0 Å². The highest BCUT2D eigenvalue weighted by Gasteiger charge is 2.29. The minimum Gasteiger partial charge on any atom is -0.314 e. The molecule has 0 aliphatic heterocycles. The van der Waals surface area contributed by atoms with Crippen LogP contribution < -0.4 is 5.32 Å². The summed E-state index contributed by atoms with van der Waals surface area (Å²) in [4.78, 5) is 0. The van der Waals surface area contributed by atoms with E-state index in [-0.39, 0.29) is 0 Å². The summed E-state index contributed by atoms with van der Waals surface area (Å²) in [5.74, 6) is 2.82. The summed E-state index contributed by atoms with van der Waals surface area (Å²) < 4.78 is 0. The van der Waals surface area contributed by atoms with E-state index in [0.29, 0.717) is 0 Å². The van der Waals surface area contributed by atoms with Gasteiger partial charge in [-0.25, -0.2) is 0 Å². The average Bonchev–Trinajstić information content (AvgIpc) is 2.32. The maximum absolute atomic E-state index is 3.75. The number of hydrogen-bond acceptors (Lipinski definition) is 1. The van der Waals surface area contributed by atoms with Crippen molar-refractivity contribution in [1.82, 2.24) is 5.32 Å². The monoisotopic (exact) mass is 239 g/mol. The first-order chi connectivity index (χ1) is 8.19. The van der Waals surface area contributed by atoms with E-state index in [0.717, 1.165) is 30.3 Å². The maximum atomic E-state index is 3.75. The van der Waals surface area contributed by atoms with Crippen molar-refractivity contribution in [1.29, 1.82) is 0 Å². The Hall–Kier alpha value is -0.0400. The van der Waals surface area contributed by atoms with Crippen LogP contribution >= 0.6 is 0 Å². The smallest absolute Gasteiger partial charge is 0.00953 e. The van der Waals surface area contributed by atoms with Gasteiger partial charge in [0.25, 0.3) is 0 Å². The first-order valence-corrected chi connectivity index (χ1v) is 7.92. The Morgan fingerprint density at radius 1 is 1.06 bits per heavy atom. The molecule has 4 atom stereocenters. The molecular weight excluding hydrogens is 206 g/mol. The Morgan fingerprint density at radius 3 is 2.41 bits per heavy atom. The van der Waals surface area contributed by atoms with E-state index in [9.17, 15) is 0 Å². The molecule has 1 nitrogen and oxygen atoms in total. The molecule has 0 aromatic heterocycles. The van der Waals surface area contributed by atoms with E-state index >= 15 is 0 Å². The van der Waals surface area contributed by atoms with Gasteiger partial charge in [-0.15, -0.1) is 0 Å². The third-order valence-corrected chi connectivity index (χ3v) is 4.79. The third-order valence-electron chi connectivity index (χ3n) is 4.79. The SMILES string of the molecule is CCCCCC(NCC)C1CCC(C)C(C)C1. The molecule has 0 spiro atoms. The summed E-state index contributed by atoms with van der Waals surface area (Å²) in [6.45, 7) is 10.6. The lowest BCUT2D eigenvalue weighted by Gasteiger charge is -2.37. The second kappa shape index (κ2) is 8.13. The highest BCUT2D eigenvalue weighted by molar-refractivity contribution is 4.83. The number of unbranched alkanes of at least 4 members (excludes halogenated alkanes) is 2. The first-order valence-electron chi connectivity index (χ1n) is 7.92. The zero-order chi connectivity index (χ0) is 12.7. The molecule has 4 unspecified atom stereocenters. The van der Waals surface area contributed by atoms with E-state index in [1.807, 2.05) is 0 Å². The first kappa shape index (κ1) is 15.0. The van der Waals surface area contributed by atoms with E-state index in [1.165, 1.54) is 44.9 Å². The van der Waals surface area contributed by atoms with Gasteiger partial charge in [-0.1, -0.05) is 53.4 Å². The molecule has 0 radical (unpaired) electrons. The van der Waals surface area contributed by atoms with Crippen LogP contribution in [0.15, 0.2) is 0 Å². The predicted octanol–water partition coefficient (Wildman–Crippen LogP) is 4.62. The summed E-state index contributed by atoms with van der Waals surface area (Å²) in [5, 5.41) is 3.75. The molecule has 0 amide bonds. The van der Waals surface area contributed by atoms with Crippen LogP contribution in [0.1, 0.15) is 72.6 Å². The van der Waals surface area contributed by atoms with Crippen LogP contribution in [0, 0.1) is 17.8 Å². The molecule has 1 aliphatic carbocycles. The zero-order valence-corrected chi connectivity index (χ0v) is 12.5. The molecule has 1 aliphatic rings. The lowest BCUT2D eigenvalue weighted by molar-refractivity contribution is 0.165. The fraction of sp³-hybridized carbons (Fsp3) is 1.00. The minimum atomic E-state index is 0.793. The van der Waals surface area contributed by atoms with Gasteiger partial charge in [-0.05, 0) is 43.6 Å². The molecule has 1 heteroatoms. The molecular formula is C16H33N. The molecule has 0 aromatic carbocycles. The van der Waals surface area contributed by atoms with Gasteiger partial charge in [0.2, 0.25) is 0 Å². The van der Waals surface area contributed by atoms with E-state index in [2.05, 4.69) is 33.0 Å². The Bertz CT molecular complexity index is 190. The van der Waals surface area contributed by atoms with Crippen molar-refractivity contribution in [3.63, 3.8) is 0 Å². The van der Waals surface area contributed by atoms with Gasteiger partial charge in [-0.3, -0.25) is 0 Å². The van der Waals surface area contributed by atoms with Gasteiger partial charge in [-0.2, -0.15) is 0 Å². The van der Waals surface area contributed by atoms with Crippen molar-refractivity contribution >= 4 is 0 Å². The molecule has 1 N–H and O–H groups in total. The Labute approximate surface area is 109 Å². The third kappa shape index (κ3) is 4.99. The van der Waals surface area contributed by atoms with Gasteiger partial charge in [0, 0.05) is 6.04 Å². The van der Waals surface area contributed by atoms with Crippen LogP contribution in [0.3, 0.4) is 0 Å². The van der Waals surface area contributed by atoms with Crippen LogP contribution in [-0.4, -0.2) is 12.6 Å². The van der Waals surface area contributed by atoms with Crippen molar-refractivity contribution in [2.24, 2.45) is 17.8 Å². The number of rotatable bonds is 7. The quantitative estimate of drug-likeness (QED) is 0.639. The topological polar surface area (TPSA) is 12.0 Å². The van der Waals surface area contributed by atoms with Crippen molar-refractivity contribution in [3.8, 4) is 0 Å². The Kier molecular flexibility index (Phi) is 7.18. The van der Waals surface area contributed by atoms with Crippen LogP contribution in [-0.2, 0) is 0 Å². The van der Waals surface area contributed by atoms with Gasteiger partial charge < -0.3 is 5.32 Å². The standard InChI is InChI=1S/C16H33N/c1-5-7-8-9-16(17-6-2)15-11-10-13(3)14(4)12-15/h13-17H,5-12H2,1-4H3. The number of nitrogens with one attached hydrogen (secondary N) is 1.